The topological polar surface area (TPSA) is 3.24 Å². The second-order valence-electron chi connectivity index (χ2n) is 14.0. The van der Waals surface area contributed by atoms with E-state index in [0.717, 1.165) is 17.1 Å². The normalized spacial score (nSPS) is 11.2. The van der Waals surface area contributed by atoms with Crippen LogP contribution in [0.5, 0.6) is 0 Å². The summed E-state index contributed by atoms with van der Waals surface area (Å²) in [4.78, 5) is 2.49. The Hall–Kier alpha value is -7.00. The molecule has 0 aliphatic heterocycles. The predicted octanol–water partition coefficient (Wildman–Crippen LogP) is 15.9. The van der Waals surface area contributed by atoms with E-state index >= 15 is 0 Å². The first-order chi connectivity index (χ1) is 27.8. The van der Waals surface area contributed by atoms with Gasteiger partial charge in [0.25, 0.3) is 0 Å². The van der Waals surface area contributed by atoms with Crippen molar-refractivity contribution >= 4 is 48.6 Å². The summed E-state index contributed by atoms with van der Waals surface area (Å²) in [5.74, 6) is 0. The maximum absolute atomic E-state index is 2.49. The van der Waals surface area contributed by atoms with E-state index < -0.39 is 0 Å². The highest BCUT2D eigenvalue weighted by Crippen LogP contribution is 2.51. The Morgan fingerprint density at radius 2 is 0.768 bits per heavy atom. The van der Waals surface area contributed by atoms with E-state index in [9.17, 15) is 0 Å². The van der Waals surface area contributed by atoms with Crippen LogP contribution in [0.15, 0.2) is 224 Å². The van der Waals surface area contributed by atoms with E-state index in [1.54, 1.807) is 0 Å². The molecule has 0 saturated carbocycles. The summed E-state index contributed by atoms with van der Waals surface area (Å²) >= 11 is 1.88. The molecular weight excluding hydrogens is 695 g/mol. The van der Waals surface area contributed by atoms with Gasteiger partial charge in [-0.15, -0.1) is 11.3 Å². The monoisotopic (exact) mass is 731 g/mol. The van der Waals surface area contributed by atoms with E-state index in [4.69, 9.17) is 0 Å². The molecule has 0 atom stereocenters. The van der Waals surface area contributed by atoms with Gasteiger partial charge in [-0.2, -0.15) is 0 Å². The molecule has 0 fully saturated rings. The van der Waals surface area contributed by atoms with Crippen molar-refractivity contribution < 1.29 is 0 Å². The fourth-order valence-electron chi connectivity index (χ4n) is 8.14. The summed E-state index contributed by atoms with van der Waals surface area (Å²) < 4.78 is 2.60. The Morgan fingerprint density at radius 1 is 0.286 bits per heavy atom. The quantitative estimate of drug-likeness (QED) is 0.150. The predicted molar refractivity (Wildman–Crippen MR) is 241 cm³/mol. The van der Waals surface area contributed by atoms with E-state index in [-0.39, 0.29) is 0 Å². The summed E-state index contributed by atoms with van der Waals surface area (Å²) in [5.41, 5.74) is 15.2. The van der Waals surface area contributed by atoms with E-state index in [2.05, 4.69) is 229 Å². The molecule has 0 aliphatic carbocycles. The Bertz CT molecular complexity index is 2950. The summed E-state index contributed by atoms with van der Waals surface area (Å²) in [6.07, 6.45) is 0. The number of nitrogens with zero attached hydrogens (tertiary/aromatic N) is 1. The van der Waals surface area contributed by atoms with Gasteiger partial charge in [-0.3, -0.25) is 0 Å². The van der Waals surface area contributed by atoms with Crippen molar-refractivity contribution in [1.29, 1.82) is 0 Å². The molecule has 0 N–H and O–H groups in total. The van der Waals surface area contributed by atoms with Crippen molar-refractivity contribution in [3.05, 3.63) is 224 Å². The number of thiophene rings is 1. The van der Waals surface area contributed by atoms with Gasteiger partial charge < -0.3 is 4.90 Å². The van der Waals surface area contributed by atoms with Crippen LogP contribution in [0.1, 0.15) is 0 Å². The van der Waals surface area contributed by atoms with E-state index in [1.165, 1.54) is 75.8 Å². The van der Waals surface area contributed by atoms with Crippen molar-refractivity contribution in [3.63, 3.8) is 0 Å². The number of para-hydroxylation sites is 1. The minimum atomic E-state index is 1.09. The third kappa shape index (κ3) is 6.07. The standard InChI is InChI=1S/C54H37NS/c1-4-18-38(19-5-1)39-34-36-42(37-35-39)55(50-31-14-12-25-45(50)48-29-16-30-49-46-26-13-15-33-52(46)56-54(48)49)51-32-17-28-44(41-22-8-3-9-23-41)53(51)47-27-11-10-24-43(47)40-20-6-2-7-21-40/h1-37H. The maximum atomic E-state index is 2.49. The highest BCUT2D eigenvalue weighted by molar-refractivity contribution is 7.26. The molecule has 0 bridgehead atoms. The summed E-state index contributed by atoms with van der Waals surface area (Å²) in [5, 5.41) is 2.59. The SMILES string of the molecule is c1ccc(-c2ccc(N(c3ccccc3-c3cccc4c3sc3ccccc34)c3cccc(-c4ccccc4)c3-c3ccccc3-c3ccccc3)cc2)cc1. The largest absolute Gasteiger partial charge is 0.309 e. The molecule has 0 saturated heterocycles. The van der Waals surface area contributed by atoms with Gasteiger partial charge in [-0.1, -0.05) is 194 Å². The zero-order valence-corrected chi connectivity index (χ0v) is 31.5. The second-order valence-corrected chi connectivity index (χ2v) is 15.1. The van der Waals surface area contributed by atoms with Crippen molar-refractivity contribution in [1.82, 2.24) is 0 Å². The molecule has 10 rings (SSSR count). The lowest BCUT2D eigenvalue weighted by atomic mass is 9.87. The fraction of sp³-hybridized carbons (Fsp3) is 0. The second kappa shape index (κ2) is 14.7. The Kier molecular flexibility index (Phi) is 8.79. The lowest BCUT2D eigenvalue weighted by molar-refractivity contribution is 1.28. The van der Waals surface area contributed by atoms with Crippen molar-refractivity contribution in [2.24, 2.45) is 0 Å². The van der Waals surface area contributed by atoms with Crippen LogP contribution in [0, 0.1) is 0 Å². The number of benzene rings is 9. The summed E-state index contributed by atoms with van der Waals surface area (Å²) in [7, 11) is 0. The van der Waals surface area contributed by atoms with Gasteiger partial charge in [0, 0.05) is 42.6 Å². The van der Waals surface area contributed by atoms with Gasteiger partial charge in [-0.05, 0) is 69.3 Å². The van der Waals surface area contributed by atoms with Crippen LogP contribution in [0.4, 0.5) is 17.1 Å². The lowest BCUT2D eigenvalue weighted by Gasteiger charge is -2.31. The number of rotatable bonds is 8. The Labute approximate surface area is 332 Å². The maximum Gasteiger partial charge on any atom is 0.0546 e. The number of fused-ring (bicyclic) bond motifs is 3. The Morgan fingerprint density at radius 3 is 1.50 bits per heavy atom. The van der Waals surface area contributed by atoms with Crippen molar-refractivity contribution in [2.45, 2.75) is 0 Å². The molecule has 10 aromatic rings. The third-order valence-electron chi connectivity index (χ3n) is 10.7. The van der Waals surface area contributed by atoms with Crippen LogP contribution in [0.2, 0.25) is 0 Å². The first-order valence-corrected chi connectivity index (χ1v) is 19.9. The zero-order valence-electron chi connectivity index (χ0n) is 30.7. The Balaban J connectivity index is 1.27. The van der Waals surface area contributed by atoms with E-state index in [1.807, 2.05) is 11.3 Å². The minimum Gasteiger partial charge on any atom is -0.309 e. The minimum absolute atomic E-state index is 1.09. The molecule has 1 nitrogen and oxygen atoms in total. The molecule has 0 radical (unpaired) electrons. The molecule has 9 aromatic carbocycles. The van der Waals surface area contributed by atoms with Crippen LogP contribution < -0.4 is 4.90 Å². The number of hydrogen-bond acceptors (Lipinski definition) is 2. The third-order valence-corrected chi connectivity index (χ3v) is 11.9. The molecule has 56 heavy (non-hydrogen) atoms. The molecule has 0 spiro atoms. The molecule has 2 heteroatoms. The zero-order chi connectivity index (χ0) is 37.3. The molecule has 1 aromatic heterocycles. The first kappa shape index (κ1) is 33.6. The van der Waals surface area contributed by atoms with Gasteiger partial charge in [0.1, 0.15) is 0 Å². The van der Waals surface area contributed by atoms with Crippen LogP contribution >= 0.6 is 11.3 Å². The van der Waals surface area contributed by atoms with Gasteiger partial charge in [0.2, 0.25) is 0 Å². The molecule has 0 amide bonds. The lowest BCUT2D eigenvalue weighted by Crippen LogP contribution is -2.13. The molecule has 0 unspecified atom stereocenters. The molecule has 264 valence electrons. The average Bonchev–Trinajstić information content (AvgIpc) is 3.67. The summed E-state index contributed by atoms with van der Waals surface area (Å²) in [6.45, 7) is 0. The van der Waals surface area contributed by atoms with Crippen molar-refractivity contribution in [2.75, 3.05) is 4.90 Å². The molecule has 1 heterocycles. The van der Waals surface area contributed by atoms with Crippen LogP contribution in [-0.2, 0) is 0 Å². The average molecular weight is 732 g/mol. The molecule has 0 aliphatic rings. The van der Waals surface area contributed by atoms with Gasteiger partial charge in [-0.25, -0.2) is 0 Å². The van der Waals surface area contributed by atoms with Crippen LogP contribution in [-0.4, -0.2) is 0 Å². The first-order valence-electron chi connectivity index (χ1n) is 19.1. The van der Waals surface area contributed by atoms with Gasteiger partial charge in [0.15, 0.2) is 0 Å². The van der Waals surface area contributed by atoms with Gasteiger partial charge in [0.05, 0.1) is 11.4 Å². The smallest absolute Gasteiger partial charge is 0.0546 e. The van der Waals surface area contributed by atoms with Crippen molar-refractivity contribution in [3.8, 4) is 55.6 Å². The highest BCUT2D eigenvalue weighted by Gasteiger charge is 2.25. The van der Waals surface area contributed by atoms with Gasteiger partial charge >= 0.3 is 0 Å². The molecular formula is C54H37NS. The number of anilines is 3. The van der Waals surface area contributed by atoms with Crippen LogP contribution in [0.25, 0.3) is 75.8 Å². The highest BCUT2D eigenvalue weighted by atomic mass is 32.1. The fourth-order valence-corrected chi connectivity index (χ4v) is 9.37. The number of hydrogen-bond donors (Lipinski definition) is 0. The summed E-state index contributed by atoms with van der Waals surface area (Å²) in [6, 6.07) is 81.4. The van der Waals surface area contributed by atoms with E-state index in [0.29, 0.717) is 0 Å². The van der Waals surface area contributed by atoms with Crippen LogP contribution in [0.3, 0.4) is 0 Å².